The van der Waals surface area contributed by atoms with E-state index in [1.807, 2.05) is 0 Å². The number of nitrogens with zero attached hydrogens (tertiary/aromatic N) is 1. The van der Waals surface area contributed by atoms with Crippen molar-refractivity contribution < 1.29 is 20.7 Å². The van der Waals surface area contributed by atoms with E-state index < -0.39 is 25.6 Å². The van der Waals surface area contributed by atoms with Crippen molar-refractivity contribution in [2.45, 2.75) is 11.8 Å². The van der Waals surface area contributed by atoms with Crippen molar-refractivity contribution in [3.8, 4) is 0 Å². The van der Waals surface area contributed by atoms with E-state index in [0.29, 0.717) is 5.56 Å². The van der Waals surface area contributed by atoms with E-state index in [-0.39, 0.29) is 30.9 Å². The Balaban J connectivity index is -0.000000750. The molecule has 1 rings (SSSR count). The molecule has 0 saturated heterocycles. The quantitative estimate of drug-likeness (QED) is 0.384. The Bertz CT molecular complexity index is 539. The van der Waals surface area contributed by atoms with Crippen LogP contribution in [-0.4, -0.2) is 40.9 Å². The van der Waals surface area contributed by atoms with Gasteiger partial charge in [0.25, 0.3) is 5.69 Å². The SMILES string of the molecule is Cc1cc([N+](=O)[O-])c(S(=O)(=O)O)cc1Cl.[H-].[H-].[Mg+2]. The van der Waals surface area contributed by atoms with Crippen LogP contribution in [0.2, 0.25) is 5.02 Å². The average molecular weight is 278 g/mol. The van der Waals surface area contributed by atoms with Gasteiger partial charge in [-0.05, 0) is 18.6 Å². The number of rotatable bonds is 2. The Morgan fingerprint density at radius 1 is 1.50 bits per heavy atom. The summed E-state index contributed by atoms with van der Waals surface area (Å²) < 4.78 is 30.4. The van der Waals surface area contributed by atoms with Crippen molar-refractivity contribution in [2.75, 3.05) is 0 Å². The topological polar surface area (TPSA) is 97.5 Å². The number of nitro groups is 1. The molecule has 0 radical (unpaired) electrons. The van der Waals surface area contributed by atoms with Gasteiger partial charge in [-0.15, -0.1) is 0 Å². The predicted molar refractivity (Wildman–Crippen MR) is 60.6 cm³/mol. The molecule has 0 amide bonds. The monoisotopic (exact) mass is 277 g/mol. The van der Waals surface area contributed by atoms with Gasteiger partial charge in [-0.1, -0.05) is 11.6 Å². The molecule has 0 aliphatic heterocycles. The molecule has 0 unspecified atom stereocenters. The third-order valence-electron chi connectivity index (χ3n) is 1.71. The molecule has 16 heavy (non-hydrogen) atoms. The normalized spacial score (nSPS) is 10.7. The van der Waals surface area contributed by atoms with Gasteiger partial charge in [0.15, 0.2) is 4.90 Å². The molecule has 0 aliphatic rings. The standard InChI is InChI=1S/C7H6ClNO5S.Mg.2H/c1-4-2-6(9(10)11)7(3-5(4)8)15(12,13)14;;;/h2-3H,1H3,(H,12,13,14);;;/q;+2;2*-1. The number of halogens is 1. The van der Waals surface area contributed by atoms with Gasteiger partial charge in [0, 0.05) is 11.1 Å². The molecule has 0 fully saturated rings. The third kappa shape index (κ3) is 3.29. The van der Waals surface area contributed by atoms with Crippen LogP contribution >= 0.6 is 11.6 Å². The van der Waals surface area contributed by atoms with E-state index in [1.165, 1.54) is 6.92 Å². The van der Waals surface area contributed by atoms with Gasteiger partial charge in [0.1, 0.15) is 0 Å². The Morgan fingerprint density at radius 2 is 2.00 bits per heavy atom. The fourth-order valence-corrected chi connectivity index (χ4v) is 1.89. The van der Waals surface area contributed by atoms with Crippen molar-refractivity contribution in [2.24, 2.45) is 0 Å². The molecule has 1 aromatic rings. The molecular formula is C7H8ClMgNO5S. The third-order valence-corrected chi connectivity index (χ3v) is 3.00. The van der Waals surface area contributed by atoms with Crippen LogP contribution in [0.1, 0.15) is 8.42 Å². The number of hydrogen-bond donors (Lipinski definition) is 1. The van der Waals surface area contributed by atoms with Crippen molar-refractivity contribution >= 4 is 50.5 Å². The van der Waals surface area contributed by atoms with Crippen molar-refractivity contribution in [3.63, 3.8) is 0 Å². The summed E-state index contributed by atoms with van der Waals surface area (Å²) in [5, 5.41) is 10.6. The Labute approximate surface area is 116 Å². The number of aryl methyl sites for hydroxylation is 1. The molecule has 0 aliphatic carbocycles. The van der Waals surface area contributed by atoms with E-state index >= 15 is 0 Å². The van der Waals surface area contributed by atoms with Gasteiger partial charge < -0.3 is 2.85 Å². The molecular weight excluding hydrogens is 270 g/mol. The summed E-state index contributed by atoms with van der Waals surface area (Å²) in [7, 11) is -4.64. The first-order valence-corrected chi connectivity index (χ1v) is 5.47. The van der Waals surface area contributed by atoms with Crippen molar-refractivity contribution in [1.82, 2.24) is 0 Å². The van der Waals surface area contributed by atoms with Crippen LogP contribution in [0.5, 0.6) is 0 Å². The molecule has 6 nitrogen and oxygen atoms in total. The largest absolute Gasteiger partial charge is 2.00 e. The van der Waals surface area contributed by atoms with Gasteiger partial charge in [-0.3, -0.25) is 14.7 Å². The van der Waals surface area contributed by atoms with Crippen LogP contribution in [0.4, 0.5) is 5.69 Å². The van der Waals surface area contributed by atoms with Crippen molar-refractivity contribution in [1.29, 1.82) is 0 Å². The molecule has 9 heteroatoms. The second-order valence-corrected chi connectivity index (χ2v) is 4.60. The summed E-state index contributed by atoms with van der Waals surface area (Å²) in [5.74, 6) is 0. The van der Waals surface area contributed by atoms with Gasteiger partial charge in [-0.25, -0.2) is 0 Å². The van der Waals surface area contributed by atoms with Crippen LogP contribution in [0.25, 0.3) is 0 Å². The Hall–Kier alpha value is -0.414. The summed E-state index contributed by atoms with van der Waals surface area (Å²) in [4.78, 5) is 8.82. The average Bonchev–Trinajstić information content (AvgIpc) is 2.06. The molecule has 0 saturated carbocycles. The molecule has 0 heterocycles. The summed E-state index contributed by atoms with van der Waals surface area (Å²) in [5.41, 5.74) is -0.338. The summed E-state index contributed by atoms with van der Waals surface area (Å²) >= 11 is 5.60. The molecule has 86 valence electrons. The van der Waals surface area contributed by atoms with Gasteiger partial charge in [-0.2, -0.15) is 8.42 Å². The minimum absolute atomic E-state index is 0. The first kappa shape index (κ1) is 15.6. The van der Waals surface area contributed by atoms with Crippen LogP contribution in [-0.2, 0) is 10.1 Å². The first-order valence-electron chi connectivity index (χ1n) is 3.65. The van der Waals surface area contributed by atoms with Crippen molar-refractivity contribution in [3.05, 3.63) is 32.8 Å². The zero-order valence-corrected chi connectivity index (χ0v) is 11.2. The maximum Gasteiger partial charge on any atom is 2.00 e. The first-order chi connectivity index (χ1) is 6.73. The Kier molecular flexibility index (Phi) is 5.14. The molecule has 0 bridgehead atoms. The summed E-state index contributed by atoms with van der Waals surface area (Å²) in [6.45, 7) is 1.49. The fourth-order valence-electron chi connectivity index (χ4n) is 0.997. The fraction of sp³-hybridized carbons (Fsp3) is 0.143. The van der Waals surface area contributed by atoms with Gasteiger partial charge >= 0.3 is 33.2 Å². The molecule has 0 spiro atoms. The molecule has 1 aromatic carbocycles. The smallest absolute Gasteiger partial charge is 1.00 e. The molecule has 0 aromatic heterocycles. The van der Waals surface area contributed by atoms with E-state index in [9.17, 15) is 18.5 Å². The van der Waals surface area contributed by atoms with Crippen LogP contribution in [0, 0.1) is 17.0 Å². The van der Waals surface area contributed by atoms with Crippen LogP contribution in [0.3, 0.4) is 0 Å². The van der Waals surface area contributed by atoms with E-state index in [0.717, 1.165) is 12.1 Å². The second-order valence-electron chi connectivity index (χ2n) is 2.80. The minimum Gasteiger partial charge on any atom is -1.00 e. The zero-order valence-electron chi connectivity index (χ0n) is 10.2. The number of benzene rings is 1. The number of hydrogen-bond acceptors (Lipinski definition) is 4. The van der Waals surface area contributed by atoms with Crippen LogP contribution < -0.4 is 0 Å². The van der Waals surface area contributed by atoms with E-state index in [1.54, 1.807) is 0 Å². The molecule has 1 N–H and O–H groups in total. The summed E-state index contributed by atoms with van der Waals surface area (Å²) in [6, 6.07) is 1.84. The van der Waals surface area contributed by atoms with Gasteiger partial charge in [0.05, 0.1) is 4.92 Å². The number of nitro benzene ring substituents is 1. The van der Waals surface area contributed by atoms with Gasteiger partial charge in [0.2, 0.25) is 0 Å². The summed E-state index contributed by atoms with van der Waals surface area (Å²) in [6.07, 6.45) is 0. The Morgan fingerprint density at radius 3 is 2.38 bits per heavy atom. The maximum atomic E-state index is 10.8. The van der Waals surface area contributed by atoms with Crippen LogP contribution in [0.15, 0.2) is 17.0 Å². The second kappa shape index (κ2) is 5.28. The van der Waals surface area contributed by atoms with E-state index in [2.05, 4.69) is 0 Å². The zero-order chi connectivity index (χ0) is 11.8. The molecule has 0 atom stereocenters. The predicted octanol–water partition coefficient (Wildman–Crippen LogP) is 1.65. The van der Waals surface area contributed by atoms with E-state index in [4.69, 9.17) is 16.2 Å². The minimum atomic E-state index is -4.64. The maximum absolute atomic E-state index is 10.8.